The topological polar surface area (TPSA) is 24.8 Å². The van der Waals surface area contributed by atoms with E-state index in [4.69, 9.17) is 4.74 Å². The molecule has 1 fully saturated rings. The molecule has 0 aromatic heterocycles. The van der Waals surface area contributed by atoms with E-state index < -0.39 is 11.6 Å². The zero-order valence-corrected chi connectivity index (χ0v) is 11.3. The van der Waals surface area contributed by atoms with Gasteiger partial charge in [-0.15, -0.1) is 0 Å². The second-order valence-corrected chi connectivity index (χ2v) is 4.95. The highest BCUT2D eigenvalue weighted by Crippen LogP contribution is 2.28. The quantitative estimate of drug-likeness (QED) is 0.789. The molecule has 0 saturated carbocycles. The summed E-state index contributed by atoms with van der Waals surface area (Å²) in [6.07, 6.45) is 2.69. The SMILES string of the molecule is Cc1c(C2=CCC(N3CCOCC3)=N2)ccc(F)c1F. The van der Waals surface area contributed by atoms with E-state index >= 15 is 0 Å². The fraction of sp³-hybridized carbons (Fsp3) is 0.400. The van der Waals surface area contributed by atoms with Crippen molar-refractivity contribution in [1.29, 1.82) is 0 Å². The molecule has 0 N–H and O–H groups in total. The molecule has 2 heterocycles. The molecule has 1 saturated heterocycles. The van der Waals surface area contributed by atoms with Gasteiger partial charge in [0.2, 0.25) is 0 Å². The molecule has 106 valence electrons. The van der Waals surface area contributed by atoms with Gasteiger partial charge in [0.25, 0.3) is 0 Å². The average molecular weight is 278 g/mol. The van der Waals surface area contributed by atoms with Crippen LogP contribution in [0.5, 0.6) is 0 Å². The van der Waals surface area contributed by atoms with E-state index in [1.165, 1.54) is 0 Å². The Balaban J connectivity index is 1.85. The van der Waals surface area contributed by atoms with Gasteiger partial charge in [-0.05, 0) is 24.6 Å². The molecule has 0 amide bonds. The summed E-state index contributed by atoms with van der Waals surface area (Å²) in [7, 11) is 0. The molecule has 0 spiro atoms. The second-order valence-electron chi connectivity index (χ2n) is 4.95. The van der Waals surface area contributed by atoms with Crippen molar-refractivity contribution in [1.82, 2.24) is 4.90 Å². The Kier molecular flexibility index (Phi) is 3.53. The van der Waals surface area contributed by atoms with Crippen LogP contribution in [0.1, 0.15) is 17.5 Å². The van der Waals surface area contributed by atoms with Crippen LogP contribution in [-0.2, 0) is 4.74 Å². The van der Waals surface area contributed by atoms with Crippen LogP contribution in [0.3, 0.4) is 0 Å². The lowest BCUT2D eigenvalue weighted by Crippen LogP contribution is -2.40. The Bertz CT molecular complexity index is 590. The maximum Gasteiger partial charge on any atom is 0.162 e. The summed E-state index contributed by atoms with van der Waals surface area (Å²) in [5, 5.41) is 0. The van der Waals surface area contributed by atoms with Crippen LogP contribution in [0.2, 0.25) is 0 Å². The summed E-state index contributed by atoms with van der Waals surface area (Å²) in [5.41, 5.74) is 1.69. The van der Waals surface area contributed by atoms with E-state index in [1.807, 2.05) is 6.08 Å². The highest BCUT2D eigenvalue weighted by Gasteiger charge is 2.21. The van der Waals surface area contributed by atoms with Crippen molar-refractivity contribution in [3.8, 4) is 0 Å². The number of hydrogen-bond donors (Lipinski definition) is 0. The second kappa shape index (κ2) is 5.32. The fourth-order valence-corrected chi connectivity index (χ4v) is 2.54. The van der Waals surface area contributed by atoms with Crippen LogP contribution in [0.4, 0.5) is 8.78 Å². The number of benzene rings is 1. The summed E-state index contributed by atoms with van der Waals surface area (Å²) < 4.78 is 32.1. The maximum atomic E-state index is 13.6. The molecular formula is C15H16F2N2O. The average Bonchev–Trinajstić information content (AvgIpc) is 2.95. The number of morpholine rings is 1. The molecule has 1 aromatic rings. The van der Waals surface area contributed by atoms with E-state index in [-0.39, 0.29) is 0 Å². The largest absolute Gasteiger partial charge is 0.378 e. The van der Waals surface area contributed by atoms with Crippen molar-refractivity contribution in [2.45, 2.75) is 13.3 Å². The van der Waals surface area contributed by atoms with Gasteiger partial charge >= 0.3 is 0 Å². The van der Waals surface area contributed by atoms with E-state index in [2.05, 4.69) is 9.89 Å². The van der Waals surface area contributed by atoms with Gasteiger partial charge in [-0.3, -0.25) is 0 Å². The van der Waals surface area contributed by atoms with E-state index in [0.29, 0.717) is 24.3 Å². The molecule has 0 bridgehead atoms. The van der Waals surface area contributed by atoms with Gasteiger partial charge in [0.1, 0.15) is 5.84 Å². The van der Waals surface area contributed by atoms with Gasteiger partial charge in [0, 0.05) is 25.1 Å². The number of hydrogen-bond acceptors (Lipinski definition) is 3. The molecule has 3 rings (SSSR count). The van der Waals surface area contributed by atoms with Gasteiger partial charge in [-0.2, -0.15) is 0 Å². The zero-order chi connectivity index (χ0) is 14.1. The molecule has 5 heteroatoms. The highest BCUT2D eigenvalue weighted by atomic mass is 19.2. The summed E-state index contributed by atoms with van der Waals surface area (Å²) in [6.45, 7) is 4.65. The van der Waals surface area contributed by atoms with Crippen molar-refractivity contribution < 1.29 is 13.5 Å². The van der Waals surface area contributed by atoms with Crippen molar-refractivity contribution >= 4 is 11.5 Å². The van der Waals surface area contributed by atoms with Crippen molar-refractivity contribution in [3.63, 3.8) is 0 Å². The summed E-state index contributed by atoms with van der Waals surface area (Å²) >= 11 is 0. The van der Waals surface area contributed by atoms with Crippen LogP contribution in [0.25, 0.3) is 5.70 Å². The maximum absolute atomic E-state index is 13.6. The third kappa shape index (κ3) is 2.33. The molecular weight excluding hydrogens is 262 g/mol. The zero-order valence-electron chi connectivity index (χ0n) is 11.3. The molecule has 0 radical (unpaired) electrons. The minimum atomic E-state index is -0.817. The highest BCUT2D eigenvalue weighted by molar-refractivity contribution is 5.94. The fourth-order valence-electron chi connectivity index (χ4n) is 2.54. The van der Waals surface area contributed by atoms with Crippen molar-refractivity contribution in [3.05, 3.63) is 41.0 Å². The Morgan fingerprint density at radius 1 is 1.20 bits per heavy atom. The van der Waals surface area contributed by atoms with Crippen LogP contribution >= 0.6 is 0 Å². The van der Waals surface area contributed by atoms with Crippen LogP contribution < -0.4 is 0 Å². The van der Waals surface area contributed by atoms with E-state index in [0.717, 1.165) is 37.1 Å². The van der Waals surface area contributed by atoms with Gasteiger partial charge in [-0.1, -0.05) is 6.08 Å². The molecule has 2 aliphatic heterocycles. The summed E-state index contributed by atoms with van der Waals surface area (Å²) in [4.78, 5) is 6.76. The van der Waals surface area contributed by atoms with Crippen molar-refractivity contribution in [2.75, 3.05) is 26.3 Å². The van der Waals surface area contributed by atoms with Crippen LogP contribution in [0.15, 0.2) is 23.2 Å². The first-order chi connectivity index (χ1) is 9.66. The molecule has 3 nitrogen and oxygen atoms in total. The summed E-state index contributed by atoms with van der Waals surface area (Å²) in [5.74, 6) is -0.631. The Morgan fingerprint density at radius 2 is 1.95 bits per heavy atom. The number of ether oxygens (including phenoxy) is 1. The van der Waals surface area contributed by atoms with Crippen molar-refractivity contribution in [2.24, 2.45) is 4.99 Å². The smallest absolute Gasteiger partial charge is 0.162 e. The Hall–Kier alpha value is -1.75. The first kappa shape index (κ1) is 13.2. The van der Waals surface area contributed by atoms with E-state index in [1.54, 1.807) is 13.0 Å². The third-order valence-electron chi connectivity index (χ3n) is 3.72. The van der Waals surface area contributed by atoms with Gasteiger partial charge in [0.15, 0.2) is 11.6 Å². The molecule has 0 unspecified atom stereocenters. The molecule has 0 atom stereocenters. The minimum absolute atomic E-state index is 0.309. The van der Waals surface area contributed by atoms with Gasteiger partial charge < -0.3 is 9.64 Å². The summed E-state index contributed by atoms with van der Waals surface area (Å²) in [6, 6.07) is 2.74. The standard InChI is InChI=1S/C15H16F2N2O/c1-10-11(2-3-12(16)15(10)17)13-4-5-14(18-13)19-6-8-20-9-7-19/h2-4H,5-9H2,1H3. The number of aliphatic imine (C=N–C) groups is 1. The Labute approximate surface area is 116 Å². The van der Waals surface area contributed by atoms with Crippen LogP contribution in [-0.4, -0.2) is 37.0 Å². The predicted octanol–water partition coefficient (Wildman–Crippen LogP) is 2.75. The first-order valence-corrected chi connectivity index (χ1v) is 6.72. The van der Waals surface area contributed by atoms with Crippen LogP contribution in [0, 0.1) is 18.6 Å². The molecule has 2 aliphatic rings. The lowest BCUT2D eigenvalue weighted by molar-refractivity contribution is 0.0676. The minimum Gasteiger partial charge on any atom is -0.378 e. The number of rotatable bonds is 1. The molecule has 1 aromatic carbocycles. The van der Waals surface area contributed by atoms with Gasteiger partial charge in [-0.25, -0.2) is 13.8 Å². The first-order valence-electron chi connectivity index (χ1n) is 6.72. The number of halogens is 2. The molecule has 20 heavy (non-hydrogen) atoms. The molecule has 0 aliphatic carbocycles. The predicted molar refractivity (Wildman–Crippen MR) is 73.5 cm³/mol. The lowest BCUT2D eigenvalue weighted by Gasteiger charge is -2.28. The van der Waals surface area contributed by atoms with E-state index in [9.17, 15) is 8.78 Å². The lowest BCUT2D eigenvalue weighted by atomic mass is 10.1. The Morgan fingerprint density at radius 3 is 2.70 bits per heavy atom. The monoisotopic (exact) mass is 278 g/mol. The normalized spacial score (nSPS) is 19.1. The number of amidine groups is 1. The van der Waals surface area contributed by atoms with Gasteiger partial charge in [0.05, 0.1) is 18.9 Å². The third-order valence-corrected chi connectivity index (χ3v) is 3.72. The number of nitrogens with zero attached hydrogens (tertiary/aromatic N) is 2.